The van der Waals surface area contributed by atoms with Gasteiger partial charge < -0.3 is 4.74 Å². The molecule has 5 nitrogen and oxygen atoms in total. The van der Waals surface area contributed by atoms with Crippen molar-refractivity contribution in [3.8, 4) is 17.0 Å². The van der Waals surface area contributed by atoms with Crippen LogP contribution in [0.15, 0.2) is 58.9 Å². The number of alkyl halides is 3. The molecule has 32 heavy (non-hydrogen) atoms. The average Bonchev–Trinajstić information content (AvgIpc) is 3.23. The zero-order valence-corrected chi connectivity index (χ0v) is 18.7. The van der Waals surface area contributed by atoms with E-state index in [-0.39, 0.29) is 27.2 Å². The topological polar surface area (TPSA) is 69.2 Å². The van der Waals surface area contributed by atoms with Gasteiger partial charge in [0.25, 0.3) is 0 Å². The summed E-state index contributed by atoms with van der Waals surface area (Å²) in [5.41, 5.74) is -0.284. The van der Waals surface area contributed by atoms with Gasteiger partial charge in [-0.05, 0) is 41.8 Å². The molecule has 0 spiro atoms. The van der Waals surface area contributed by atoms with E-state index < -0.39 is 21.6 Å². The van der Waals surface area contributed by atoms with Gasteiger partial charge in [0.05, 0.1) is 23.3 Å². The predicted octanol–water partition coefficient (Wildman–Crippen LogP) is 6.01. The van der Waals surface area contributed by atoms with Crippen molar-refractivity contribution < 1.29 is 26.3 Å². The maximum Gasteiger partial charge on any atom is 0.416 e. The van der Waals surface area contributed by atoms with Crippen LogP contribution in [0.4, 0.5) is 13.2 Å². The minimum Gasteiger partial charge on any atom is -0.496 e. The summed E-state index contributed by atoms with van der Waals surface area (Å²) in [6, 6.07) is 9.02. The number of halogens is 4. The van der Waals surface area contributed by atoms with Gasteiger partial charge in [0.2, 0.25) is 0 Å². The Morgan fingerprint density at radius 1 is 1.12 bits per heavy atom. The van der Waals surface area contributed by atoms with Crippen LogP contribution in [-0.2, 0) is 21.8 Å². The molecule has 2 aromatic carbocycles. The fraction of sp³-hybridized carbons (Fsp3) is 0.143. The van der Waals surface area contributed by atoms with Crippen molar-refractivity contribution in [3.63, 3.8) is 0 Å². The molecule has 2 aromatic heterocycles. The molecule has 0 atom stereocenters. The maximum atomic E-state index is 13.1. The first-order chi connectivity index (χ1) is 15.1. The lowest BCUT2D eigenvalue weighted by atomic mass is 10.0. The molecule has 0 aliphatic carbocycles. The third-order valence-electron chi connectivity index (χ3n) is 4.71. The molecule has 0 radical (unpaired) electrons. The lowest BCUT2D eigenvalue weighted by Crippen LogP contribution is -2.06. The van der Waals surface area contributed by atoms with E-state index in [1.165, 1.54) is 48.9 Å². The van der Waals surface area contributed by atoms with E-state index in [1.807, 2.05) is 0 Å². The number of sulfone groups is 1. The molecule has 0 aliphatic rings. The van der Waals surface area contributed by atoms with Crippen molar-refractivity contribution in [2.24, 2.45) is 0 Å². The number of rotatable bonds is 5. The molecule has 0 saturated heterocycles. The zero-order valence-electron chi connectivity index (χ0n) is 16.4. The quantitative estimate of drug-likeness (QED) is 0.315. The molecule has 0 saturated carbocycles. The van der Waals surface area contributed by atoms with E-state index in [0.29, 0.717) is 21.3 Å². The second-order valence-corrected chi connectivity index (χ2v) is 10.1. The molecule has 11 heteroatoms. The fourth-order valence-electron chi connectivity index (χ4n) is 3.24. The van der Waals surface area contributed by atoms with Crippen molar-refractivity contribution in [2.75, 3.05) is 7.11 Å². The number of hydrogen-bond acceptors (Lipinski definition) is 6. The molecule has 0 bridgehead atoms. The third kappa shape index (κ3) is 4.43. The summed E-state index contributed by atoms with van der Waals surface area (Å²) in [4.78, 5) is 8.36. The van der Waals surface area contributed by atoms with Gasteiger partial charge in [0.15, 0.2) is 9.84 Å². The Bertz CT molecular complexity index is 1410. The number of ether oxygens (including phenoxy) is 1. The summed E-state index contributed by atoms with van der Waals surface area (Å²) in [7, 11) is -2.41. The molecule has 2 heterocycles. The summed E-state index contributed by atoms with van der Waals surface area (Å²) in [6.45, 7) is 0. The van der Waals surface area contributed by atoms with Crippen molar-refractivity contribution in [1.29, 1.82) is 0 Å². The highest BCUT2D eigenvalue weighted by Crippen LogP contribution is 2.39. The molecule has 0 fully saturated rings. The van der Waals surface area contributed by atoms with Gasteiger partial charge >= 0.3 is 6.18 Å². The number of pyridine rings is 1. The predicted molar refractivity (Wildman–Crippen MR) is 117 cm³/mol. The molecule has 0 N–H and O–H groups in total. The minimum atomic E-state index is -4.53. The van der Waals surface area contributed by atoms with E-state index in [9.17, 15) is 21.6 Å². The number of methoxy groups -OCH3 is 1. The Balaban J connectivity index is 1.84. The van der Waals surface area contributed by atoms with Crippen molar-refractivity contribution >= 4 is 43.5 Å². The summed E-state index contributed by atoms with van der Waals surface area (Å²) in [5.74, 6) is -0.273. The van der Waals surface area contributed by atoms with E-state index in [2.05, 4.69) is 9.97 Å². The van der Waals surface area contributed by atoms with E-state index in [0.717, 1.165) is 12.1 Å². The molecule has 4 rings (SSSR count). The van der Waals surface area contributed by atoms with Gasteiger partial charge in [0, 0.05) is 22.5 Å². The molecule has 0 unspecified atom stereocenters. The summed E-state index contributed by atoms with van der Waals surface area (Å²) in [6.07, 6.45) is -3.00. The van der Waals surface area contributed by atoms with Gasteiger partial charge in [0.1, 0.15) is 21.7 Å². The number of hydrogen-bond donors (Lipinski definition) is 0. The Kier molecular flexibility index (Phi) is 5.87. The van der Waals surface area contributed by atoms with E-state index >= 15 is 0 Å². The van der Waals surface area contributed by atoms with Gasteiger partial charge in [-0.15, -0.1) is 11.3 Å². The average molecular weight is 499 g/mol. The second-order valence-electron chi connectivity index (χ2n) is 6.77. The summed E-state index contributed by atoms with van der Waals surface area (Å²) in [5, 5.41) is 3.21. The van der Waals surface area contributed by atoms with Gasteiger partial charge in [-0.3, -0.25) is 0 Å². The van der Waals surface area contributed by atoms with Crippen LogP contribution in [0.3, 0.4) is 0 Å². The first-order valence-electron chi connectivity index (χ1n) is 9.05. The second kappa shape index (κ2) is 8.34. The van der Waals surface area contributed by atoms with Crippen LogP contribution in [0.2, 0.25) is 5.15 Å². The number of benzene rings is 2. The molecule has 0 amide bonds. The Morgan fingerprint density at radius 2 is 1.91 bits per heavy atom. The molecular weight excluding hydrogens is 485 g/mol. The van der Waals surface area contributed by atoms with Crippen molar-refractivity contribution in [2.45, 2.75) is 16.8 Å². The summed E-state index contributed by atoms with van der Waals surface area (Å²) >= 11 is 7.41. The van der Waals surface area contributed by atoms with Crippen LogP contribution in [-0.4, -0.2) is 25.5 Å². The van der Waals surface area contributed by atoms with Crippen LogP contribution < -0.4 is 4.74 Å². The zero-order chi connectivity index (χ0) is 23.1. The summed E-state index contributed by atoms with van der Waals surface area (Å²) < 4.78 is 70.1. The largest absolute Gasteiger partial charge is 0.496 e. The van der Waals surface area contributed by atoms with Crippen LogP contribution in [0.5, 0.6) is 5.75 Å². The minimum absolute atomic E-state index is 0.0311. The number of nitrogens with zero attached hydrogens (tertiary/aromatic N) is 2. The van der Waals surface area contributed by atoms with E-state index in [4.69, 9.17) is 16.3 Å². The fourth-order valence-corrected chi connectivity index (χ4v) is 5.72. The lowest BCUT2D eigenvalue weighted by molar-refractivity contribution is -0.137. The van der Waals surface area contributed by atoms with Crippen LogP contribution in [0.25, 0.3) is 22.0 Å². The van der Waals surface area contributed by atoms with Crippen molar-refractivity contribution in [3.05, 3.63) is 69.8 Å². The Morgan fingerprint density at radius 3 is 2.56 bits per heavy atom. The molecular formula is C21H14ClF3N2O3S2. The molecule has 0 aliphatic heterocycles. The Hall–Kier alpha value is -2.69. The number of thiazole rings is 1. The van der Waals surface area contributed by atoms with Gasteiger partial charge in [-0.1, -0.05) is 17.7 Å². The number of fused-ring (bicyclic) bond motifs is 1. The molecule has 4 aromatic rings. The van der Waals surface area contributed by atoms with Gasteiger partial charge in [-0.2, -0.15) is 13.2 Å². The van der Waals surface area contributed by atoms with Crippen LogP contribution in [0.1, 0.15) is 10.6 Å². The standard InChI is InChI=1S/C21H14ClF3N2O3S2/c1-30-17-10-13(21(23,24)25)2-4-16(17)20-15-5-3-14(8-12(15)9-18(22)27-20)32(28,29)11-19-26-6-7-31-19/h2-10H,11H2,1H3. The van der Waals surface area contributed by atoms with Crippen LogP contribution >= 0.6 is 22.9 Å². The number of aromatic nitrogens is 2. The highest BCUT2D eigenvalue weighted by Gasteiger charge is 2.31. The molecule has 166 valence electrons. The van der Waals surface area contributed by atoms with Crippen molar-refractivity contribution in [1.82, 2.24) is 9.97 Å². The highest BCUT2D eigenvalue weighted by atomic mass is 35.5. The maximum absolute atomic E-state index is 13.1. The highest BCUT2D eigenvalue weighted by molar-refractivity contribution is 7.90. The lowest BCUT2D eigenvalue weighted by Gasteiger charge is -2.14. The van der Waals surface area contributed by atoms with Crippen LogP contribution in [0, 0.1) is 0 Å². The first-order valence-corrected chi connectivity index (χ1v) is 12.0. The normalized spacial score (nSPS) is 12.3. The van der Waals surface area contributed by atoms with Gasteiger partial charge in [-0.25, -0.2) is 18.4 Å². The first kappa shape index (κ1) is 22.5. The third-order valence-corrected chi connectivity index (χ3v) is 7.49. The smallest absolute Gasteiger partial charge is 0.416 e. The van der Waals surface area contributed by atoms with E-state index in [1.54, 1.807) is 11.4 Å². The SMILES string of the molecule is COc1cc(C(F)(F)F)ccc1-c1nc(Cl)cc2cc(S(=O)(=O)Cc3nccs3)ccc12. The Labute approximate surface area is 190 Å². The monoisotopic (exact) mass is 498 g/mol.